The zero-order valence-electron chi connectivity index (χ0n) is 20.0. The summed E-state index contributed by atoms with van der Waals surface area (Å²) in [5.74, 6) is 1.65. The molecule has 1 saturated heterocycles. The van der Waals surface area contributed by atoms with Crippen molar-refractivity contribution in [1.29, 1.82) is 0 Å². The second-order valence-electron chi connectivity index (χ2n) is 9.24. The van der Waals surface area contributed by atoms with Crippen LogP contribution in [0.4, 0.5) is 0 Å². The number of aryl methyl sites for hydroxylation is 2. The lowest BCUT2D eigenvalue weighted by molar-refractivity contribution is 0.0649. The number of hydrogen-bond acceptors (Lipinski definition) is 4. The fraction of sp³-hybridized carbons (Fsp3) is 0.357. The molecule has 0 N–H and O–H groups in total. The number of aromatic nitrogens is 1. The molecule has 1 aromatic heterocycles. The minimum atomic E-state index is -0.0306. The lowest BCUT2D eigenvalue weighted by Gasteiger charge is -2.31. The molecule has 5 rings (SSSR count). The first-order valence-corrected chi connectivity index (χ1v) is 11.9. The third-order valence-electron chi connectivity index (χ3n) is 6.93. The molecule has 0 spiro atoms. The van der Waals surface area contributed by atoms with Gasteiger partial charge in [0.25, 0.3) is 5.91 Å². The predicted molar refractivity (Wildman–Crippen MR) is 130 cm³/mol. The molecule has 2 aliphatic heterocycles. The van der Waals surface area contributed by atoms with Crippen molar-refractivity contribution < 1.29 is 19.1 Å². The summed E-state index contributed by atoms with van der Waals surface area (Å²) in [6, 6.07) is 15.6. The van der Waals surface area contributed by atoms with Crippen LogP contribution in [0.15, 0.2) is 48.5 Å². The van der Waals surface area contributed by atoms with Crippen LogP contribution < -0.4 is 9.47 Å². The van der Waals surface area contributed by atoms with Crippen LogP contribution >= 0.6 is 0 Å². The molecule has 0 unspecified atom stereocenters. The van der Waals surface area contributed by atoms with Gasteiger partial charge in [0, 0.05) is 47.7 Å². The minimum absolute atomic E-state index is 0.0260. The maximum Gasteiger partial charge on any atom is 0.255 e. The number of ketones is 1. The molecule has 176 valence electrons. The first-order valence-electron chi connectivity index (χ1n) is 11.9. The van der Waals surface area contributed by atoms with Crippen molar-refractivity contribution in [2.45, 2.75) is 33.6 Å². The quantitative estimate of drug-likeness (QED) is 0.522. The highest BCUT2D eigenvalue weighted by molar-refractivity contribution is 5.99. The van der Waals surface area contributed by atoms with Gasteiger partial charge in [-0.05, 0) is 51.8 Å². The third-order valence-corrected chi connectivity index (χ3v) is 6.93. The summed E-state index contributed by atoms with van der Waals surface area (Å²) in [5.41, 5.74) is 5.44. The first kappa shape index (κ1) is 22.3. The molecule has 6 heteroatoms. The topological polar surface area (TPSA) is 60.8 Å². The Morgan fingerprint density at radius 2 is 1.53 bits per heavy atom. The standard InChI is InChI=1S/C28H30N2O4/c1-18-4-6-21(7-5-18)27(31)22-10-12-29(13-11-22)28(32)24-16-19(2)30(20(24)3)23-8-9-25-26(17-23)34-15-14-33-25/h4-9,16-17,22H,10-15H2,1-3H3. The van der Waals surface area contributed by atoms with Crippen LogP contribution in [0.25, 0.3) is 5.69 Å². The number of carbonyl (C=O) groups excluding carboxylic acids is 2. The number of rotatable bonds is 4. The average Bonchev–Trinajstić information content (AvgIpc) is 3.17. The third kappa shape index (κ3) is 4.09. The molecular weight excluding hydrogens is 428 g/mol. The Bertz CT molecular complexity index is 1230. The number of benzene rings is 2. The van der Waals surface area contributed by atoms with E-state index in [1.807, 2.05) is 74.2 Å². The molecule has 0 bridgehead atoms. The summed E-state index contributed by atoms with van der Waals surface area (Å²) >= 11 is 0. The molecule has 6 nitrogen and oxygen atoms in total. The number of amides is 1. The number of Topliss-reactive ketones (excluding diaryl/α,β-unsaturated/α-hetero) is 1. The van der Waals surface area contributed by atoms with Crippen molar-refractivity contribution >= 4 is 11.7 Å². The van der Waals surface area contributed by atoms with Gasteiger partial charge in [0.2, 0.25) is 0 Å². The molecule has 0 aliphatic carbocycles. The van der Waals surface area contributed by atoms with Crippen LogP contribution in [0, 0.1) is 26.7 Å². The Balaban J connectivity index is 1.30. The Labute approximate surface area is 200 Å². The highest BCUT2D eigenvalue weighted by atomic mass is 16.6. The van der Waals surface area contributed by atoms with Crippen LogP contribution in [0.3, 0.4) is 0 Å². The van der Waals surface area contributed by atoms with Crippen LogP contribution in [0.1, 0.15) is 50.5 Å². The molecule has 0 saturated carbocycles. The molecular formula is C28H30N2O4. The summed E-state index contributed by atoms with van der Waals surface area (Å²) in [4.78, 5) is 28.2. The van der Waals surface area contributed by atoms with E-state index >= 15 is 0 Å². The highest BCUT2D eigenvalue weighted by Crippen LogP contribution is 2.34. The number of fused-ring (bicyclic) bond motifs is 1. The zero-order chi connectivity index (χ0) is 23.8. The largest absolute Gasteiger partial charge is 0.486 e. The van der Waals surface area contributed by atoms with E-state index < -0.39 is 0 Å². The summed E-state index contributed by atoms with van der Waals surface area (Å²) in [6.45, 7) is 8.27. The Morgan fingerprint density at radius 1 is 0.853 bits per heavy atom. The second-order valence-corrected chi connectivity index (χ2v) is 9.24. The molecule has 0 atom stereocenters. The molecule has 3 heterocycles. The van der Waals surface area contributed by atoms with E-state index in [2.05, 4.69) is 4.57 Å². The number of hydrogen-bond donors (Lipinski definition) is 0. The molecule has 2 aliphatic rings. The summed E-state index contributed by atoms with van der Waals surface area (Å²) in [6.07, 6.45) is 1.39. The highest BCUT2D eigenvalue weighted by Gasteiger charge is 2.30. The van der Waals surface area contributed by atoms with Gasteiger partial charge in [0.05, 0.1) is 5.56 Å². The SMILES string of the molecule is Cc1ccc(C(=O)C2CCN(C(=O)c3cc(C)n(-c4ccc5c(c4)OCCO5)c3C)CC2)cc1. The van der Waals surface area contributed by atoms with Gasteiger partial charge in [-0.25, -0.2) is 0 Å². The number of ether oxygens (including phenoxy) is 2. The summed E-state index contributed by atoms with van der Waals surface area (Å²) in [5, 5.41) is 0. The fourth-order valence-corrected chi connectivity index (χ4v) is 5.02. The average molecular weight is 459 g/mol. The monoisotopic (exact) mass is 458 g/mol. The van der Waals surface area contributed by atoms with Gasteiger partial charge < -0.3 is 18.9 Å². The summed E-state index contributed by atoms with van der Waals surface area (Å²) in [7, 11) is 0. The molecule has 0 radical (unpaired) electrons. The maximum absolute atomic E-state index is 13.4. The fourth-order valence-electron chi connectivity index (χ4n) is 5.02. The van der Waals surface area contributed by atoms with Crippen LogP contribution in [0.5, 0.6) is 11.5 Å². The summed E-state index contributed by atoms with van der Waals surface area (Å²) < 4.78 is 13.5. The van der Waals surface area contributed by atoms with Crippen molar-refractivity contribution in [2.75, 3.05) is 26.3 Å². The van der Waals surface area contributed by atoms with E-state index in [0.717, 1.165) is 39.7 Å². The Kier molecular flexibility index (Phi) is 5.90. The van der Waals surface area contributed by atoms with Crippen molar-refractivity contribution in [1.82, 2.24) is 9.47 Å². The number of carbonyl (C=O) groups is 2. The van der Waals surface area contributed by atoms with Gasteiger partial charge in [-0.15, -0.1) is 0 Å². The van der Waals surface area contributed by atoms with E-state index in [4.69, 9.17) is 9.47 Å². The van der Waals surface area contributed by atoms with Crippen LogP contribution in [0.2, 0.25) is 0 Å². The van der Waals surface area contributed by atoms with Gasteiger partial charge in [-0.2, -0.15) is 0 Å². The van der Waals surface area contributed by atoms with Gasteiger partial charge in [-0.3, -0.25) is 9.59 Å². The van der Waals surface area contributed by atoms with E-state index in [1.165, 1.54) is 0 Å². The van der Waals surface area contributed by atoms with Crippen molar-refractivity contribution in [3.05, 3.63) is 76.6 Å². The van der Waals surface area contributed by atoms with E-state index in [0.29, 0.717) is 44.7 Å². The maximum atomic E-state index is 13.4. The molecule has 2 aromatic carbocycles. The van der Waals surface area contributed by atoms with E-state index in [9.17, 15) is 9.59 Å². The van der Waals surface area contributed by atoms with Gasteiger partial charge in [0.15, 0.2) is 17.3 Å². The predicted octanol–water partition coefficient (Wildman–Crippen LogP) is 4.91. The van der Waals surface area contributed by atoms with Crippen LogP contribution in [-0.2, 0) is 0 Å². The van der Waals surface area contributed by atoms with Gasteiger partial charge in [0.1, 0.15) is 13.2 Å². The van der Waals surface area contributed by atoms with Crippen molar-refractivity contribution in [3.8, 4) is 17.2 Å². The number of nitrogens with zero attached hydrogens (tertiary/aromatic N) is 2. The normalized spacial score (nSPS) is 15.9. The van der Waals surface area contributed by atoms with Gasteiger partial charge >= 0.3 is 0 Å². The second kappa shape index (κ2) is 9.01. The lowest BCUT2D eigenvalue weighted by atomic mass is 9.88. The van der Waals surface area contributed by atoms with Crippen LogP contribution in [-0.4, -0.2) is 47.5 Å². The van der Waals surface area contributed by atoms with E-state index in [-0.39, 0.29) is 17.6 Å². The Hall–Kier alpha value is -3.54. The van der Waals surface area contributed by atoms with Crippen molar-refractivity contribution in [2.24, 2.45) is 5.92 Å². The first-order chi connectivity index (χ1) is 16.4. The molecule has 34 heavy (non-hydrogen) atoms. The van der Waals surface area contributed by atoms with Gasteiger partial charge in [-0.1, -0.05) is 29.8 Å². The molecule has 1 fully saturated rings. The smallest absolute Gasteiger partial charge is 0.255 e. The Morgan fingerprint density at radius 3 is 2.24 bits per heavy atom. The van der Waals surface area contributed by atoms with Crippen molar-refractivity contribution in [3.63, 3.8) is 0 Å². The zero-order valence-corrected chi connectivity index (χ0v) is 20.0. The lowest BCUT2D eigenvalue weighted by Crippen LogP contribution is -2.40. The molecule has 3 aromatic rings. The molecule has 1 amide bonds. The number of likely N-dealkylation sites (tertiary alicyclic amines) is 1. The van der Waals surface area contributed by atoms with E-state index in [1.54, 1.807) is 0 Å². The minimum Gasteiger partial charge on any atom is -0.486 e. The number of piperidine rings is 1.